The zero-order valence-electron chi connectivity index (χ0n) is 19.9. The molecule has 7 heteroatoms. The monoisotopic (exact) mass is 500 g/mol. The van der Waals surface area contributed by atoms with Crippen molar-refractivity contribution in [2.45, 2.75) is 26.2 Å². The Hall–Kier alpha value is -4.23. The van der Waals surface area contributed by atoms with Gasteiger partial charge >= 0.3 is 5.97 Å². The molecule has 0 atom stereocenters. The topological polar surface area (TPSA) is 95.5 Å². The molecule has 0 saturated carbocycles. The van der Waals surface area contributed by atoms with E-state index in [0.717, 1.165) is 5.56 Å². The lowest BCUT2D eigenvalue weighted by atomic mass is 10.1. The smallest absolute Gasteiger partial charge is 0.303 e. The number of para-hydroxylation sites is 1. The quantitative estimate of drug-likeness (QED) is 0.225. The summed E-state index contributed by atoms with van der Waals surface area (Å²) >= 11 is 1.78. The van der Waals surface area contributed by atoms with Crippen LogP contribution in [0.25, 0.3) is 10.4 Å². The number of hydrogen-bond acceptors (Lipinski definition) is 4. The molecular formula is C29H28N2O4S. The van der Waals surface area contributed by atoms with Crippen molar-refractivity contribution in [3.63, 3.8) is 0 Å². The molecular weight excluding hydrogens is 472 g/mol. The minimum absolute atomic E-state index is 0.112. The van der Waals surface area contributed by atoms with Gasteiger partial charge in [0.15, 0.2) is 0 Å². The van der Waals surface area contributed by atoms with Crippen molar-refractivity contribution >= 4 is 41.0 Å². The van der Waals surface area contributed by atoms with E-state index in [2.05, 4.69) is 59.3 Å². The van der Waals surface area contributed by atoms with Crippen LogP contribution in [0.5, 0.6) is 0 Å². The van der Waals surface area contributed by atoms with Crippen LogP contribution in [0.2, 0.25) is 0 Å². The van der Waals surface area contributed by atoms with Gasteiger partial charge in [0.2, 0.25) is 6.41 Å². The molecule has 0 spiro atoms. The lowest BCUT2D eigenvalue weighted by Gasteiger charge is -2.10. The number of thiophene rings is 1. The van der Waals surface area contributed by atoms with Gasteiger partial charge < -0.3 is 15.7 Å². The van der Waals surface area contributed by atoms with Crippen LogP contribution in [-0.4, -0.2) is 23.4 Å². The average molecular weight is 501 g/mol. The number of carbonyl (C=O) groups excluding carboxylic acids is 2. The largest absolute Gasteiger partial charge is 0.481 e. The number of amides is 2. The number of hydrogen-bond donors (Lipinski definition) is 3. The summed E-state index contributed by atoms with van der Waals surface area (Å²) in [6, 6.07) is 26.8. The van der Waals surface area contributed by atoms with Gasteiger partial charge in [0, 0.05) is 17.0 Å². The van der Waals surface area contributed by atoms with Crippen LogP contribution in [0.15, 0.2) is 90.3 Å². The Bertz CT molecular complexity index is 1280. The van der Waals surface area contributed by atoms with Crippen molar-refractivity contribution in [2.24, 2.45) is 0 Å². The second kappa shape index (κ2) is 13.6. The van der Waals surface area contributed by atoms with E-state index < -0.39 is 5.97 Å². The number of nitrogens with one attached hydrogen (secondary N) is 2. The minimum atomic E-state index is -0.821. The fourth-order valence-electron chi connectivity index (χ4n) is 3.48. The number of aryl methyl sites for hydroxylation is 2. The zero-order chi connectivity index (χ0) is 25.8. The molecule has 0 saturated heterocycles. The molecule has 3 N–H and O–H groups in total. The number of benzene rings is 3. The van der Waals surface area contributed by atoms with Gasteiger partial charge in [0.25, 0.3) is 5.91 Å². The Morgan fingerprint density at radius 3 is 2.42 bits per heavy atom. The Balaban J connectivity index is 0.000000249. The number of anilines is 2. The van der Waals surface area contributed by atoms with E-state index in [-0.39, 0.29) is 12.3 Å². The van der Waals surface area contributed by atoms with Crippen LogP contribution in [0.1, 0.15) is 34.3 Å². The molecule has 0 fully saturated rings. The third kappa shape index (κ3) is 8.21. The average Bonchev–Trinajstić information content (AvgIpc) is 3.41. The first-order chi connectivity index (χ1) is 17.5. The van der Waals surface area contributed by atoms with E-state index in [1.54, 1.807) is 47.7 Å². The van der Waals surface area contributed by atoms with Gasteiger partial charge in [-0.15, -0.1) is 11.3 Å². The van der Waals surface area contributed by atoms with E-state index in [4.69, 9.17) is 5.11 Å². The second-order valence-corrected chi connectivity index (χ2v) is 9.00. The van der Waals surface area contributed by atoms with Gasteiger partial charge in [-0.05, 0) is 66.6 Å². The first kappa shape index (κ1) is 26.4. The van der Waals surface area contributed by atoms with Crippen LogP contribution in [0.3, 0.4) is 0 Å². The summed E-state index contributed by atoms with van der Waals surface area (Å²) in [4.78, 5) is 34.9. The van der Waals surface area contributed by atoms with Crippen LogP contribution in [0.4, 0.5) is 11.4 Å². The van der Waals surface area contributed by atoms with Crippen molar-refractivity contribution in [3.8, 4) is 10.4 Å². The number of carboxylic acid groups (broad SMARTS) is 1. The Kier molecular flexibility index (Phi) is 9.97. The number of aliphatic carboxylic acids is 1. The van der Waals surface area contributed by atoms with E-state index in [9.17, 15) is 14.4 Å². The maximum atomic E-state index is 12.4. The van der Waals surface area contributed by atoms with Crippen LogP contribution in [-0.2, 0) is 16.0 Å². The predicted octanol–water partition coefficient (Wildman–Crippen LogP) is 6.64. The van der Waals surface area contributed by atoms with E-state index in [1.165, 1.54) is 16.0 Å². The predicted molar refractivity (Wildman–Crippen MR) is 146 cm³/mol. The second-order valence-electron chi connectivity index (χ2n) is 8.05. The van der Waals surface area contributed by atoms with Crippen molar-refractivity contribution in [3.05, 3.63) is 107 Å². The number of carbonyl (C=O) groups is 3. The highest BCUT2D eigenvalue weighted by Crippen LogP contribution is 2.24. The maximum absolute atomic E-state index is 12.4. The molecule has 0 radical (unpaired) electrons. The summed E-state index contributed by atoms with van der Waals surface area (Å²) in [5.41, 5.74) is 5.00. The standard InChI is InChI=1S/C18H18N2O4.C11H10S/c21-12-19-16-9-2-1-8-15(16)18(24)20-14-7-3-5-13(11-14)6-4-10-17(22)23;1-9-4-6-10(7-5-9)11-3-2-8-12-11/h1-3,5,7-9,11-12H,4,6,10H2,(H,19,21)(H,20,24)(H,22,23);2-8H,1H3. The highest BCUT2D eigenvalue weighted by molar-refractivity contribution is 7.13. The Labute approximate surface area is 214 Å². The lowest BCUT2D eigenvalue weighted by molar-refractivity contribution is -0.137. The highest BCUT2D eigenvalue weighted by Gasteiger charge is 2.11. The summed E-state index contributed by atoms with van der Waals surface area (Å²) in [6.45, 7) is 2.11. The normalized spacial score (nSPS) is 10.0. The minimum Gasteiger partial charge on any atom is -0.481 e. The Morgan fingerprint density at radius 2 is 1.72 bits per heavy atom. The first-order valence-corrected chi connectivity index (χ1v) is 12.4. The molecule has 0 aliphatic rings. The highest BCUT2D eigenvalue weighted by atomic mass is 32.1. The molecule has 2 amide bonds. The SMILES string of the molecule is Cc1ccc(-c2cccs2)cc1.O=CNc1ccccc1C(=O)Nc1cccc(CCCC(=O)O)c1. The lowest BCUT2D eigenvalue weighted by Crippen LogP contribution is -2.14. The van der Waals surface area contributed by atoms with Gasteiger partial charge in [-0.2, -0.15) is 0 Å². The summed E-state index contributed by atoms with van der Waals surface area (Å²) in [5.74, 6) is -1.15. The van der Waals surface area contributed by atoms with Gasteiger partial charge in [-0.1, -0.05) is 60.2 Å². The van der Waals surface area contributed by atoms with Crippen molar-refractivity contribution < 1.29 is 19.5 Å². The van der Waals surface area contributed by atoms with E-state index in [0.29, 0.717) is 36.2 Å². The van der Waals surface area contributed by atoms with E-state index in [1.807, 2.05) is 12.1 Å². The van der Waals surface area contributed by atoms with Gasteiger partial charge in [0.05, 0.1) is 11.3 Å². The van der Waals surface area contributed by atoms with Gasteiger partial charge in [-0.25, -0.2) is 0 Å². The van der Waals surface area contributed by atoms with Crippen LogP contribution in [0, 0.1) is 6.92 Å². The molecule has 0 aliphatic carbocycles. The molecule has 0 bridgehead atoms. The molecule has 1 aromatic heterocycles. The number of carboxylic acids is 1. The molecule has 4 aromatic rings. The fraction of sp³-hybridized carbons (Fsp3) is 0.138. The summed E-state index contributed by atoms with van der Waals surface area (Å²) in [5, 5.41) is 16.1. The molecule has 0 unspecified atom stereocenters. The van der Waals surface area contributed by atoms with Gasteiger partial charge in [-0.3, -0.25) is 14.4 Å². The maximum Gasteiger partial charge on any atom is 0.303 e. The molecule has 6 nitrogen and oxygen atoms in total. The molecule has 0 aliphatic heterocycles. The molecule has 36 heavy (non-hydrogen) atoms. The number of rotatable bonds is 9. The van der Waals surface area contributed by atoms with Crippen LogP contribution >= 0.6 is 11.3 Å². The zero-order valence-corrected chi connectivity index (χ0v) is 20.8. The fourth-order valence-corrected chi connectivity index (χ4v) is 4.21. The molecule has 1 heterocycles. The van der Waals surface area contributed by atoms with Crippen molar-refractivity contribution in [1.82, 2.24) is 0 Å². The molecule has 4 rings (SSSR count). The first-order valence-electron chi connectivity index (χ1n) is 11.5. The molecule has 184 valence electrons. The third-order valence-corrected chi connectivity index (χ3v) is 6.20. The molecule has 3 aromatic carbocycles. The van der Waals surface area contributed by atoms with E-state index >= 15 is 0 Å². The summed E-state index contributed by atoms with van der Waals surface area (Å²) in [6.07, 6.45) is 1.80. The van der Waals surface area contributed by atoms with Gasteiger partial charge in [0.1, 0.15) is 0 Å². The summed E-state index contributed by atoms with van der Waals surface area (Å²) < 4.78 is 0. The third-order valence-electron chi connectivity index (χ3n) is 5.28. The van der Waals surface area contributed by atoms with Crippen molar-refractivity contribution in [1.29, 1.82) is 0 Å². The van der Waals surface area contributed by atoms with Crippen molar-refractivity contribution in [2.75, 3.05) is 10.6 Å². The van der Waals surface area contributed by atoms with Crippen LogP contribution < -0.4 is 10.6 Å². The summed E-state index contributed by atoms with van der Waals surface area (Å²) in [7, 11) is 0. The Morgan fingerprint density at radius 1 is 0.944 bits per heavy atom.